The molecule has 0 unspecified atom stereocenters. The molecule has 2 nitrogen and oxygen atoms in total. The Hall–Kier alpha value is -1.02. The highest BCUT2D eigenvalue weighted by Gasteiger charge is 2.25. The summed E-state index contributed by atoms with van der Waals surface area (Å²) in [5, 5.41) is 3.61. The molecule has 0 atom stereocenters. The zero-order valence-electron chi connectivity index (χ0n) is 13.0. The standard InChI is InChI=1S/C17H27NO/c1-12-11-16(19-5)13(2)10-15(12)17(3,4)8-9-18-14-6-7-14/h10-11,14,18H,6-9H2,1-5H3. The number of hydrogen-bond donors (Lipinski definition) is 1. The molecule has 0 heterocycles. The van der Waals surface area contributed by atoms with Crippen molar-refractivity contribution in [1.29, 1.82) is 0 Å². The van der Waals surface area contributed by atoms with Gasteiger partial charge in [0.1, 0.15) is 5.75 Å². The van der Waals surface area contributed by atoms with Crippen molar-refractivity contribution < 1.29 is 4.74 Å². The van der Waals surface area contributed by atoms with Crippen LogP contribution < -0.4 is 10.1 Å². The molecule has 19 heavy (non-hydrogen) atoms. The molecule has 1 aliphatic carbocycles. The van der Waals surface area contributed by atoms with Crippen LogP contribution in [0.2, 0.25) is 0 Å². The van der Waals surface area contributed by atoms with Gasteiger partial charge in [-0.05, 0) is 67.8 Å². The van der Waals surface area contributed by atoms with Crippen LogP contribution in [0.15, 0.2) is 12.1 Å². The summed E-state index contributed by atoms with van der Waals surface area (Å²) >= 11 is 0. The van der Waals surface area contributed by atoms with Gasteiger partial charge in [-0.2, -0.15) is 0 Å². The number of hydrogen-bond acceptors (Lipinski definition) is 2. The number of rotatable bonds is 6. The predicted octanol–water partition coefficient (Wildman–Crippen LogP) is 3.73. The number of methoxy groups -OCH3 is 1. The molecule has 1 saturated carbocycles. The lowest BCUT2D eigenvalue weighted by Gasteiger charge is -2.28. The fourth-order valence-electron chi connectivity index (χ4n) is 2.75. The first-order valence-corrected chi connectivity index (χ1v) is 7.33. The maximum absolute atomic E-state index is 5.40. The Morgan fingerprint density at radius 1 is 1.21 bits per heavy atom. The lowest BCUT2D eigenvalue weighted by atomic mass is 9.78. The highest BCUT2D eigenvalue weighted by atomic mass is 16.5. The second-order valence-corrected chi connectivity index (χ2v) is 6.50. The van der Waals surface area contributed by atoms with Crippen molar-refractivity contribution in [2.24, 2.45) is 0 Å². The molecule has 0 amide bonds. The van der Waals surface area contributed by atoms with Crippen molar-refractivity contribution in [3.63, 3.8) is 0 Å². The van der Waals surface area contributed by atoms with Crippen LogP contribution in [-0.2, 0) is 5.41 Å². The minimum atomic E-state index is 0.211. The molecule has 1 fully saturated rings. The van der Waals surface area contributed by atoms with E-state index in [4.69, 9.17) is 4.74 Å². The van der Waals surface area contributed by atoms with Crippen molar-refractivity contribution in [2.45, 2.75) is 58.4 Å². The third-order valence-corrected chi connectivity index (χ3v) is 4.23. The van der Waals surface area contributed by atoms with Crippen LogP contribution in [0, 0.1) is 13.8 Å². The van der Waals surface area contributed by atoms with Crippen molar-refractivity contribution in [3.05, 3.63) is 28.8 Å². The molecular formula is C17H27NO. The van der Waals surface area contributed by atoms with E-state index in [0.717, 1.165) is 18.3 Å². The van der Waals surface area contributed by atoms with Gasteiger partial charge < -0.3 is 10.1 Å². The Morgan fingerprint density at radius 3 is 2.47 bits per heavy atom. The molecule has 1 aromatic rings. The van der Waals surface area contributed by atoms with Gasteiger partial charge in [0.05, 0.1) is 7.11 Å². The Labute approximate surface area is 117 Å². The Morgan fingerprint density at radius 2 is 1.89 bits per heavy atom. The smallest absolute Gasteiger partial charge is 0.122 e. The normalized spacial score (nSPS) is 15.6. The van der Waals surface area contributed by atoms with E-state index in [9.17, 15) is 0 Å². The SMILES string of the molecule is COc1cc(C)c(C(C)(C)CCNC2CC2)cc1C. The van der Waals surface area contributed by atoms with Gasteiger partial charge in [0.25, 0.3) is 0 Å². The fourth-order valence-corrected chi connectivity index (χ4v) is 2.75. The van der Waals surface area contributed by atoms with Gasteiger partial charge in [-0.15, -0.1) is 0 Å². The molecule has 1 aliphatic rings. The Bertz CT molecular complexity index is 447. The van der Waals surface area contributed by atoms with E-state index in [1.165, 1.54) is 36.0 Å². The third-order valence-electron chi connectivity index (χ3n) is 4.23. The average Bonchev–Trinajstić information content (AvgIpc) is 3.15. The van der Waals surface area contributed by atoms with Crippen molar-refractivity contribution >= 4 is 0 Å². The summed E-state index contributed by atoms with van der Waals surface area (Å²) in [6.07, 6.45) is 3.90. The van der Waals surface area contributed by atoms with E-state index < -0.39 is 0 Å². The van der Waals surface area contributed by atoms with E-state index in [0.29, 0.717) is 0 Å². The summed E-state index contributed by atoms with van der Waals surface area (Å²) in [4.78, 5) is 0. The van der Waals surface area contributed by atoms with E-state index in [1.54, 1.807) is 7.11 Å². The Balaban J connectivity index is 2.11. The van der Waals surface area contributed by atoms with E-state index in [1.807, 2.05) is 0 Å². The molecule has 0 aromatic heterocycles. The van der Waals surface area contributed by atoms with Crippen molar-refractivity contribution in [1.82, 2.24) is 5.32 Å². The summed E-state index contributed by atoms with van der Waals surface area (Å²) in [5.74, 6) is 0.994. The number of nitrogens with one attached hydrogen (secondary N) is 1. The van der Waals surface area contributed by atoms with Gasteiger partial charge in [-0.1, -0.05) is 19.9 Å². The summed E-state index contributed by atoms with van der Waals surface area (Å²) < 4.78 is 5.40. The lowest BCUT2D eigenvalue weighted by molar-refractivity contribution is 0.409. The first kappa shape index (κ1) is 14.4. The van der Waals surface area contributed by atoms with Crippen LogP contribution in [0.25, 0.3) is 0 Å². The number of ether oxygens (including phenoxy) is 1. The van der Waals surface area contributed by atoms with Crippen LogP contribution in [0.5, 0.6) is 5.75 Å². The van der Waals surface area contributed by atoms with Gasteiger partial charge in [-0.3, -0.25) is 0 Å². The maximum Gasteiger partial charge on any atom is 0.122 e. The lowest BCUT2D eigenvalue weighted by Crippen LogP contribution is -2.27. The molecular weight excluding hydrogens is 234 g/mol. The fraction of sp³-hybridized carbons (Fsp3) is 0.647. The molecule has 0 radical (unpaired) electrons. The predicted molar refractivity (Wildman–Crippen MR) is 81.1 cm³/mol. The number of benzene rings is 1. The summed E-state index contributed by atoms with van der Waals surface area (Å²) in [6.45, 7) is 10.1. The zero-order valence-corrected chi connectivity index (χ0v) is 13.0. The minimum absolute atomic E-state index is 0.211. The van der Waals surface area contributed by atoms with E-state index in [-0.39, 0.29) is 5.41 Å². The quantitative estimate of drug-likeness (QED) is 0.842. The zero-order chi connectivity index (χ0) is 14.0. The monoisotopic (exact) mass is 261 g/mol. The largest absolute Gasteiger partial charge is 0.496 e. The summed E-state index contributed by atoms with van der Waals surface area (Å²) in [7, 11) is 1.74. The van der Waals surface area contributed by atoms with Crippen LogP contribution in [0.3, 0.4) is 0 Å². The second-order valence-electron chi connectivity index (χ2n) is 6.50. The van der Waals surface area contributed by atoms with Crippen LogP contribution in [0.4, 0.5) is 0 Å². The van der Waals surface area contributed by atoms with E-state index >= 15 is 0 Å². The minimum Gasteiger partial charge on any atom is -0.496 e. The van der Waals surface area contributed by atoms with Crippen molar-refractivity contribution in [3.8, 4) is 5.75 Å². The molecule has 1 aromatic carbocycles. The van der Waals surface area contributed by atoms with Gasteiger partial charge in [0.15, 0.2) is 0 Å². The van der Waals surface area contributed by atoms with Gasteiger partial charge in [0, 0.05) is 6.04 Å². The molecule has 0 saturated heterocycles. The summed E-state index contributed by atoms with van der Waals surface area (Å²) in [5.41, 5.74) is 4.22. The topological polar surface area (TPSA) is 21.3 Å². The van der Waals surface area contributed by atoms with Gasteiger partial charge >= 0.3 is 0 Å². The first-order chi connectivity index (χ1) is 8.94. The summed E-state index contributed by atoms with van der Waals surface area (Å²) in [6, 6.07) is 5.26. The van der Waals surface area contributed by atoms with Gasteiger partial charge in [-0.25, -0.2) is 0 Å². The van der Waals surface area contributed by atoms with Crippen LogP contribution in [-0.4, -0.2) is 19.7 Å². The molecule has 0 spiro atoms. The van der Waals surface area contributed by atoms with E-state index in [2.05, 4.69) is 45.1 Å². The Kier molecular flexibility index (Phi) is 4.19. The van der Waals surface area contributed by atoms with Crippen LogP contribution in [0.1, 0.15) is 49.8 Å². The molecule has 0 aliphatic heterocycles. The molecule has 2 heteroatoms. The maximum atomic E-state index is 5.40. The molecule has 2 rings (SSSR count). The number of aryl methyl sites for hydroxylation is 2. The molecule has 0 bridgehead atoms. The highest BCUT2D eigenvalue weighted by molar-refractivity contribution is 5.44. The first-order valence-electron chi connectivity index (χ1n) is 7.33. The highest BCUT2D eigenvalue weighted by Crippen LogP contribution is 2.33. The molecule has 106 valence electrons. The molecule has 1 N–H and O–H groups in total. The van der Waals surface area contributed by atoms with Gasteiger partial charge in [0.2, 0.25) is 0 Å². The van der Waals surface area contributed by atoms with Crippen molar-refractivity contribution in [2.75, 3.05) is 13.7 Å². The van der Waals surface area contributed by atoms with Crippen LogP contribution >= 0.6 is 0 Å². The third kappa shape index (κ3) is 3.50. The second kappa shape index (κ2) is 5.54. The average molecular weight is 261 g/mol.